The molecule has 0 bridgehead atoms. The van der Waals surface area contributed by atoms with Crippen molar-refractivity contribution in [3.8, 4) is 0 Å². The molecule has 0 radical (unpaired) electrons. The first-order valence-corrected chi connectivity index (χ1v) is 9.91. The van der Waals surface area contributed by atoms with E-state index in [4.69, 9.17) is 5.11 Å². The number of sulfonamides is 1. The molecule has 0 aromatic heterocycles. The van der Waals surface area contributed by atoms with Crippen molar-refractivity contribution in [2.24, 2.45) is 5.92 Å². The molecular weight excluding hydrogens is 328 g/mol. The average Bonchev–Trinajstić information content (AvgIpc) is 2.53. The molecule has 0 atom stereocenters. The van der Waals surface area contributed by atoms with Crippen molar-refractivity contribution in [2.45, 2.75) is 56.9 Å². The van der Waals surface area contributed by atoms with Gasteiger partial charge in [0.1, 0.15) is 4.90 Å². The highest BCUT2D eigenvalue weighted by molar-refractivity contribution is 7.89. The molecule has 1 saturated carbocycles. The zero-order valence-electron chi connectivity index (χ0n) is 14.2. The van der Waals surface area contributed by atoms with Gasteiger partial charge in [-0.15, -0.1) is 0 Å². The number of benzene rings is 1. The number of carboxylic acid groups (broad SMARTS) is 1. The van der Waals surface area contributed by atoms with Crippen LogP contribution in [0, 0.1) is 5.92 Å². The monoisotopic (exact) mass is 354 g/mol. The molecule has 1 aliphatic carbocycles. The Labute approximate surface area is 143 Å². The van der Waals surface area contributed by atoms with Gasteiger partial charge in [0.15, 0.2) is 0 Å². The first-order valence-electron chi connectivity index (χ1n) is 8.43. The van der Waals surface area contributed by atoms with Crippen molar-refractivity contribution >= 4 is 21.7 Å². The van der Waals surface area contributed by atoms with Crippen LogP contribution in [0.5, 0.6) is 0 Å². The third-order valence-electron chi connectivity index (χ3n) is 4.15. The zero-order chi connectivity index (χ0) is 17.7. The van der Waals surface area contributed by atoms with E-state index in [1.54, 1.807) is 0 Å². The minimum Gasteiger partial charge on any atom is -0.478 e. The molecule has 7 heteroatoms. The Morgan fingerprint density at radius 2 is 1.92 bits per heavy atom. The third kappa shape index (κ3) is 4.95. The molecule has 1 aromatic rings. The minimum atomic E-state index is -3.77. The Morgan fingerprint density at radius 1 is 1.25 bits per heavy atom. The molecule has 0 heterocycles. The van der Waals surface area contributed by atoms with Gasteiger partial charge in [-0.2, -0.15) is 0 Å². The molecule has 6 nitrogen and oxygen atoms in total. The summed E-state index contributed by atoms with van der Waals surface area (Å²) in [6.07, 6.45) is 4.81. The number of nitrogens with one attached hydrogen (secondary N) is 2. The summed E-state index contributed by atoms with van der Waals surface area (Å²) in [6.45, 7) is 4.65. The number of hydrogen-bond donors (Lipinski definition) is 3. The van der Waals surface area contributed by atoms with Gasteiger partial charge in [0.2, 0.25) is 10.0 Å². The zero-order valence-corrected chi connectivity index (χ0v) is 15.0. The van der Waals surface area contributed by atoms with Gasteiger partial charge in [0.05, 0.1) is 11.3 Å². The van der Waals surface area contributed by atoms with Gasteiger partial charge in [-0.25, -0.2) is 17.9 Å². The minimum absolute atomic E-state index is 0.00798. The standard InChI is InChI=1S/C17H26N2O4S/c1-12(2)11-18-15-9-8-13(17(20)21)10-16(15)24(22,23)19-14-6-4-3-5-7-14/h8-10,12,14,18-19H,3-7,11H2,1-2H3,(H,20,21). The second kappa shape index (κ2) is 7.98. The molecule has 1 aliphatic rings. The van der Waals surface area contributed by atoms with Crippen LogP contribution < -0.4 is 10.0 Å². The number of rotatable bonds is 7. The normalized spacial score (nSPS) is 16.3. The predicted molar refractivity (Wildman–Crippen MR) is 93.9 cm³/mol. The smallest absolute Gasteiger partial charge is 0.335 e. The molecule has 2 rings (SSSR count). The highest BCUT2D eigenvalue weighted by atomic mass is 32.2. The van der Waals surface area contributed by atoms with Crippen LogP contribution in [0.15, 0.2) is 23.1 Å². The second-order valence-electron chi connectivity index (χ2n) is 6.75. The van der Waals surface area contributed by atoms with Crippen molar-refractivity contribution in [2.75, 3.05) is 11.9 Å². The Balaban J connectivity index is 2.32. The van der Waals surface area contributed by atoms with E-state index in [1.807, 2.05) is 13.8 Å². The van der Waals surface area contributed by atoms with Crippen molar-refractivity contribution in [1.29, 1.82) is 0 Å². The molecule has 134 valence electrons. The fraction of sp³-hybridized carbons (Fsp3) is 0.588. The number of anilines is 1. The van der Waals surface area contributed by atoms with Crippen molar-refractivity contribution in [1.82, 2.24) is 4.72 Å². The maximum Gasteiger partial charge on any atom is 0.335 e. The molecule has 1 aromatic carbocycles. The SMILES string of the molecule is CC(C)CNc1ccc(C(=O)O)cc1S(=O)(=O)NC1CCCCC1. The summed E-state index contributed by atoms with van der Waals surface area (Å²) in [4.78, 5) is 11.2. The Kier molecular flexibility index (Phi) is 6.23. The van der Waals surface area contributed by atoms with E-state index >= 15 is 0 Å². The molecule has 0 aliphatic heterocycles. The van der Waals surface area contributed by atoms with Crippen LogP contribution in [-0.2, 0) is 10.0 Å². The van der Waals surface area contributed by atoms with E-state index < -0.39 is 16.0 Å². The number of carbonyl (C=O) groups is 1. The van der Waals surface area contributed by atoms with Crippen molar-refractivity contribution < 1.29 is 18.3 Å². The predicted octanol–water partition coefficient (Wildman–Crippen LogP) is 3.06. The molecule has 0 saturated heterocycles. The van der Waals surface area contributed by atoms with Crippen LogP contribution in [0.25, 0.3) is 0 Å². The van der Waals surface area contributed by atoms with Crippen molar-refractivity contribution in [3.63, 3.8) is 0 Å². The van der Waals surface area contributed by atoms with E-state index in [1.165, 1.54) is 18.2 Å². The first kappa shape index (κ1) is 18.7. The lowest BCUT2D eigenvalue weighted by atomic mass is 9.96. The molecular formula is C17H26N2O4S. The summed E-state index contributed by atoms with van der Waals surface area (Å²) < 4.78 is 28.3. The third-order valence-corrected chi connectivity index (χ3v) is 5.71. The van der Waals surface area contributed by atoms with E-state index in [-0.39, 0.29) is 16.5 Å². The van der Waals surface area contributed by atoms with Crippen LogP contribution in [0.1, 0.15) is 56.3 Å². The molecule has 3 N–H and O–H groups in total. The van der Waals surface area contributed by atoms with Crippen LogP contribution >= 0.6 is 0 Å². The summed E-state index contributed by atoms with van der Waals surface area (Å²) in [5, 5.41) is 12.3. The van der Waals surface area contributed by atoms with Crippen LogP contribution in [0.4, 0.5) is 5.69 Å². The Hall–Kier alpha value is -1.60. The van der Waals surface area contributed by atoms with E-state index in [0.717, 1.165) is 32.1 Å². The second-order valence-corrected chi connectivity index (χ2v) is 8.43. The molecule has 0 spiro atoms. The van der Waals surface area contributed by atoms with Crippen LogP contribution in [-0.4, -0.2) is 32.1 Å². The quantitative estimate of drug-likeness (QED) is 0.699. The van der Waals surface area contributed by atoms with Crippen molar-refractivity contribution in [3.05, 3.63) is 23.8 Å². The molecule has 0 unspecified atom stereocenters. The van der Waals surface area contributed by atoms with Gasteiger partial charge >= 0.3 is 5.97 Å². The average molecular weight is 354 g/mol. The lowest BCUT2D eigenvalue weighted by Gasteiger charge is -2.23. The van der Waals surface area contributed by atoms with E-state index in [0.29, 0.717) is 18.2 Å². The van der Waals surface area contributed by atoms with Gasteiger partial charge < -0.3 is 10.4 Å². The number of carboxylic acids is 1. The number of aromatic carboxylic acids is 1. The summed E-state index contributed by atoms with van der Waals surface area (Å²) in [5.41, 5.74) is 0.408. The summed E-state index contributed by atoms with van der Waals surface area (Å²) >= 11 is 0. The largest absolute Gasteiger partial charge is 0.478 e. The molecule has 24 heavy (non-hydrogen) atoms. The van der Waals surface area contributed by atoms with Gasteiger partial charge in [-0.1, -0.05) is 33.1 Å². The Morgan fingerprint density at radius 3 is 2.50 bits per heavy atom. The maximum absolute atomic E-state index is 12.8. The summed E-state index contributed by atoms with van der Waals surface area (Å²) in [6, 6.07) is 4.11. The molecule has 0 amide bonds. The summed E-state index contributed by atoms with van der Waals surface area (Å²) in [5.74, 6) is -0.800. The topological polar surface area (TPSA) is 95.5 Å². The lowest BCUT2D eigenvalue weighted by Crippen LogP contribution is -2.36. The van der Waals surface area contributed by atoms with Gasteiger partial charge in [-0.05, 0) is 37.0 Å². The van der Waals surface area contributed by atoms with Crippen LogP contribution in [0.3, 0.4) is 0 Å². The Bertz CT molecular complexity index is 680. The summed E-state index contributed by atoms with van der Waals surface area (Å²) in [7, 11) is -3.77. The number of hydrogen-bond acceptors (Lipinski definition) is 4. The maximum atomic E-state index is 12.8. The van der Waals surface area contributed by atoms with Crippen LogP contribution in [0.2, 0.25) is 0 Å². The van der Waals surface area contributed by atoms with E-state index in [9.17, 15) is 13.2 Å². The van der Waals surface area contributed by atoms with E-state index in [2.05, 4.69) is 10.0 Å². The van der Waals surface area contributed by atoms with Gasteiger partial charge in [-0.3, -0.25) is 0 Å². The molecule has 1 fully saturated rings. The first-order chi connectivity index (χ1) is 11.3. The highest BCUT2D eigenvalue weighted by Crippen LogP contribution is 2.26. The highest BCUT2D eigenvalue weighted by Gasteiger charge is 2.25. The lowest BCUT2D eigenvalue weighted by molar-refractivity contribution is 0.0696. The van der Waals surface area contributed by atoms with Gasteiger partial charge in [0.25, 0.3) is 0 Å². The fourth-order valence-electron chi connectivity index (χ4n) is 2.84. The fourth-order valence-corrected chi connectivity index (χ4v) is 4.35. The van der Waals surface area contributed by atoms with Gasteiger partial charge in [0, 0.05) is 12.6 Å².